The van der Waals surface area contributed by atoms with Crippen molar-refractivity contribution in [2.75, 3.05) is 18.5 Å². The Balaban J connectivity index is 2.24. The lowest BCUT2D eigenvalue weighted by Crippen LogP contribution is -2.17. The maximum Gasteiger partial charge on any atom is 0.315 e. The number of carbonyl (C=O) groups excluding carboxylic acids is 1. The first-order valence-electron chi connectivity index (χ1n) is 6.37. The minimum atomic E-state index is -0.541. The topological polar surface area (TPSA) is 71.2 Å². The summed E-state index contributed by atoms with van der Waals surface area (Å²) in [6.07, 6.45) is 0. The Bertz CT molecular complexity index is 754. The third-order valence-electron chi connectivity index (χ3n) is 3.42. The molecule has 3 rings (SSSR count). The second kappa shape index (κ2) is 4.63. The Morgan fingerprint density at radius 2 is 2.30 bits per heavy atom. The van der Waals surface area contributed by atoms with Crippen molar-refractivity contribution in [1.82, 2.24) is 4.98 Å². The van der Waals surface area contributed by atoms with Gasteiger partial charge in [0.1, 0.15) is 17.4 Å². The molecule has 1 unspecified atom stereocenters. The molecule has 6 heteroatoms. The monoisotopic (exact) mass is 276 g/mol. The summed E-state index contributed by atoms with van der Waals surface area (Å²) in [6, 6.07) is 4.12. The van der Waals surface area contributed by atoms with Crippen LogP contribution in [0.3, 0.4) is 0 Å². The second-order valence-corrected chi connectivity index (χ2v) is 4.62. The summed E-state index contributed by atoms with van der Waals surface area (Å²) in [5, 5.41) is 3.58. The van der Waals surface area contributed by atoms with Gasteiger partial charge in [-0.2, -0.15) is 0 Å². The number of esters is 1. The summed E-state index contributed by atoms with van der Waals surface area (Å²) >= 11 is 0. The van der Waals surface area contributed by atoms with Crippen molar-refractivity contribution in [2.45, 2.75) is 12.8 Å². The van der Waals surface area contributed by atoms with Crippen LogP contribution < -0.4 is 10.9 Å². The highest BCUT2D eigenvalue weighted by atomic mass is 19.1. The molecule has 2 aromatic rings. The van der Waals surface area contributed by atoms with Crippen LogP contribution >= 0.6 is 0 Å². The first-order valence-corrected chi connectivity index (χ1v) is 6.37. The molecule has 1 aromatic carbocycles. The maximum atomic E-state index is 13.3. The number of fused-ring (bicyclic) bond motifs is 3. The SMILES string of the molecule is CCOC(=O)C1CNc2c1c1ccc(F)cc1[nH]c2=O. The van der Waals surface area contributed by atoms with Crippen LogP contribution in [0.2, 0.25) is 0 Å². The van der Waals surface area contributed by atoms with E-state index in [1.54, 1.807) is 13.0 Å². The quantitative estimate of drug-likeness (QED) is 0.820. The zero-order valence-corrected chi connectivity index (χ0v) is 10.8. The lowest BCUT2D eigenvalue weighted by atomic mass is 9.97. The predicted octanol–water partition coefficient (Wildman–Crippen LogP) is 1.74. The largest absolute Gasteiger partial charge is 0.465 e. The van der Waals surface area contributed by atoms with E-state index in [-0.39, 0.29) is 18.1 Å². The zero-order chi connectivity index (χ0) is 14.3. The van der Waals surface area contributed by atoms with Crippen LogP contribution in [0.25, 0.3) is 10.9 Å². The van der Waals surface area contributed by atoms with E-state index < -0.39 is 11.7 Å². The van der Waals surface area contributed by atoms with Gasteiger partial charge in [-0.1, -0.05) is 0 Å². The summed E-state index contributed by atoms with van der Waals surface area (Å²) in [5.74, 6) is -1.36. The molecule has 1 aliphatic rings. The number of aromatic amines is 1. The normalized spacial score (nSPS) is 16.8. The van der Waals surface area contributed by atoms with Gasteiger partial charge in [0.05, 0.1) is 12.1 Å². The molecule has 1 aromatic heterocycles. The van der Waals surface area contributed by atoms with Crippen LogP contribution in [0, 0.1) is 5.82 Å². The molecule has 0 spiro atoms. The van der Waals surface area contributed by atoms with Crippen LogP contribution in [0.4, 0.5) is 10.1 Å². The fourth-order valence-electron chi connectivity index (χ4n) is 2.58. The molecule has 1 atom stereocenters. The number of hydrogen-bond donors (Lipinski definition) is 2. The van der Waals surface area contributed by atoms with Crippen LogP contribution in [0.5, 0.6) is 0 Å². The smallest absolute Gasteiger partial charge is 0.315 e. The average molecular weight is 276 g/mol. The number of pyridine rings is 1. The van der Waals surface area contributed by atoms with E-state index in [2.05, 4.69) is 10.3 Å². The minimum Gasteiger partial charge on any atom is -0.465 e. The van der Waals surface area contributed by atoms with Crippen LogP contribution in [-0.4, -0.2) is 24.1 Å². The number of anilines is 1. The van der Waals surface area contributed by atoms with Crippen LogP contribution in [0.15, 0.2) is 23.0 Å². The van der Waals surface area contributed by atoms with Gasteiger partial charge in [0, 0.05) is 17.5 Å². The summed E-state index contributed by atoms with van der Waals surface area (Å²) in [7, 11) is 0. The van der Waals surface area contributed by atoms with Gasteiger partial charge >= 0.3 is 5.97 Å². The van der Waals surface area contributed by atoms with E-state index >= 15 is 0 Å². The Morgan fingerprint density at radius 1 is 1.50 bits per heavy atom. The van der Waals surface area contributed by atoms with Crippen molar-refractivity contribution >= 4 is 22.6 Å². The third-order valence-corrected chi connectivity index (χ3v) is 3.42. The average Bonchev–Trinajstić information content (AvgIpc) is 2.84. The molecule has 0 radical (unpaired) electrons. The van der Waals surface area contributed by atoms with Crippen molar-refractivity contribution in [3.05, 3.63) is 39.9 Å². The number of halogens is 1. The molecule has 5 nitrogen and oxygen atoms in total. The van der Waals surface area contributed by atoms with Crippen molar-refractivity contribution in [3.8, 4) is 0 Å². The molecular weight excluding hydrogens is 263 g/mol. The van der Waals surface area contributed by atoms with E-state index in [1.165, 1.54) is 12.1 Å². The molecular formula is C14H13FN2O3. The highest BCUT2D eigenvalue weighted by Crippen LogP contribution is 2.35. The molecule has 20 heavy (non-hydrogen) atoms. The molecule has 1 aliphatic heterocycles. The Kier molecular flexibility index (Phi) is 2.93. The van der Waals surface area contributed by atoms with Gasteiger partial charge in [-0.15, -0.1) is 0 Å². The standard InChI is InChI=1S/C14H13FN2O3/c1-2-20-14(19)9-6-16-12-11(9)8-4-3-7(15)5-10(8)17-13(12)18/h3-5,9,16H,2,6H2,1H3,(H,17,18). The van der Waals surface area contributed by atoms with E-state index in [0.29, 0.717) is 28.7 Å². The molecule has 0 amide bonds. The predicted molar refractivity (Wildman–Crippen MR) is 72.4 cm³/mol. The van der Waals surface area contributed by atoms with E-state index in [0.717, 1.165) is 0 Å². The Morgan fingerprint density at radius 3 is 3.05 bits per heavy atom. The fraction of sp³-hybridized carbons (Fsp3) is 0.286. The molecule has 0 bridgehead atoms. The third kappa shape index (κ3) is 1.84. The Labute approximate surface area is 113 Å². The maximum absolute atomic E-state index is 13.3. The van der Waals surface area contributed by atoms with E-state index in [1.807, 2.05) is 0 Å². The fourth-order valence-corrected chi connectivity index (χ4v) is 2.58. The number of aromatic nitrogens is 1. The van der Waals surface area contributed by atoms with Gasteiger partial charge in [-0.3, -0.25) is 9.59 Å². The van der Waals surface area contributed by atoms with Gasteiger partial charge in [0.15, 0.2) is 0 Å². The Hall–Kier alpha value is -2.37. The van der Waals surface area contributed by atoms with Crippen molar-refractivity contribution < 1.29 is 13.9 Å². The first kappa shape index (κ1) is 12.7. The number of nitrogens with one attached hydrogen (secondary N) is 2. The molecule has 0 aliphatic carbocycles. The van der Waals surface area contributed by atoms with Crippen molar-refractivity contribution in [1.29, 1.82) is 0 Å². The second-order valence-electron chi connectivity index (χ2n) is 4.62. The van der Waals surface area contributed by atoms with Gasteiger partial charge < -0.3 is 15.0 Å². The van der Waals surface area contributed by atoms with E-state index in [9.17, 15) is 14.0 Å². The number of H-pyrrole nitrogens is 1. The van der Waals surface area contributed by atoms with Crippen molar-refractivity contribution in [2.24, 2.45) is 0 Å². The first-order chi connectivity index (χ1) is 9.61. The van der Waals surface area contributed by atoms with Gasteiger partial charge in [0.25, 0.3) is 5.56 Å². The number of hydrogen-bond acceptors (Lipinski definition) is 4. The number of carbonyl (C=O) groups is 1. The molecule has 0 saturated carbocycles. The molecule has 2 N–H and O–H groups in total. The number of rotatable bonds is 2. The number of ether oxygens (including phenoxy) is 1. The van der Waals surface area contributed by atoms with Crippen LogP contribution in [0.1, 0.15) is 18.4 Å². The van der Waals surface area contributed by atoms with Crippen LogP contribution in [-0.2, 0) is 9.53 Å². The summed E-state index contributed by atoms with van der Waals surface area (Å²) < 4.78 is 18.3. The van der Waals surface area contributed by atoms with Gasteiger partial charge in [-0.25, -0.2) is 4.39 Å². The van der Waals surface area contributed by atoms with E-state index in [4.69, 9.17) is 4.74 Å². The zero-order valence-electron chi connectivity index (χ0n) is 10.8. The van der Waals surface area contributed by atoms with Crippen molar-refractivity contribution in [3.63, 3.8) is 0 Å². The lowest BCUT2D eigenvalue weighted by Gasteiger charge is -2.11. The summed E-state index contributed by atoms with van der Waals surface area (Å²) in [5.41, 5.74) is 0.973. The summed E-state index contributed by atoms with van der Waals surface area (Å²) in [6.45, 7) is 2.32. The van der Waals surface area contributed by atoms with Gasteiger partial charge in [0.2, 0.25) is 0 Å². The summed E-state index contributed by atoms with van der Waals surface area (Å²) in [4.78, 5) is 26.6. The minimum absolute atomic E-state index is 0.278. The highest BCUT2D eigenvalue weighted by molar-refractivity contribution is 5.95. The molecule has 2 heterocycles. The highest BCUT2D eigenvalue weighted by Gasteiger charge is 2.33. The molecule has 0 saturated heterocycles. The van der Waals surface area contributed by atoms with Gasteiger partial charge in [-0.05, 0) is 25.1 Å². The number of benzene rings is 1. The lowest BCUT2D eigenvalue weighted by molar-refractivity contribution is -0.144. The molecule has 0 fully saturated rings. The molecule has 104 valence electrons.